The first kappa shape index (κ1) is 17.3. The number of ether oxygens (including phenoxy) is 2. The first-order valence-electron chi connectivity index (χ1n) is 6.90. The van der Waals surface area contributed by atoms with Gasteiger partial charge in [-0.1, -0.05) is 36.4 Å². The van der Waals surface area contributed by atoms with E-state index in [1.165, 1.54) is 5.56 Å². The predicted octanol–water partition coefficient (Wildman–Crippen LogP) is 0.388. The van der Waals surface area contributed by atoms with Crippen LogP contribution < -0.4 is 27.2 Å². The van der Waals surface area contributed by atoms with Crippen LogP contribution in [-0.2, 0) is 13.2 Å². The molecule has 3 nitrogen and oxygen atoms in total. The van der Waals surface area contributed by atoms with Crippen LogP contribution in [0.3, 0.4) is 0 Å². The maximum atomic E-state index is 5.86. The van der Waals surface area contributed by atoms with Crippen molar-refractivity contribution in [2.45, 2.75) is 20.1 Å². The van der Waals surface area contributed by atoms with E-state index in [0.29, 0.717) is 13.2 Å². The molecule has 0 unspecified atom stereocenters. The Morgan fingerprint density at radius 3 is 2.33 bits per heavy atom. The molecule has 0 fully saturated rings. The van der Waals surface area contributed by atoms with Gasteiger partial charge in [-0.2, -0.15) is 0 Å². The maximum Gasteiger partial charge on any atom is 0.161 e. The SMILES string of the molecule is CCOc1cc(CNC)ccc1OCc1ccccc1.[Cl-]. The highest BCUT2D eigenvalue weighted by Crippen LogP contribution is 2.29. The Kier molecular flexibility index (Phi) is 7.65. The molecule has 0 saturated carbocycles. The van der Waals surface area contributed by atoms with Gasteiger partial charge in [0.2, 0.25) is 0 Å². The fraction of sp³-hybridized carbons (Fsp3) is 0.294. The zero-order valence-electron chi connectivity index (χ0n) is 12.4. The third-order valence-electron chi connectivity index (χ3n) is 2.93. The van der Waals surface area contributed by atoms with Crippen molar-refractivity contribution in [1.82, 2.24) is 5.32 Å². The molecule has 0 amide bonds. The minimum atomic E-state index is 0. The lowest BCUT2D eigenvalue weighted by atomic mass is 10.2. The Morgan fingerprint density at radius 2 is 1.67 bits per heavy atom. The van der Waals surface area contributed by atoms with Gasteiger partial charge in [-0.05, 0) is 37.2 Å². The van der Waals surface area contributed by atoms with Crippen molar-refractivity contribution in [2.75, 3.05) is 13.7 Å². The second-order valence-electron chi connectivity index (χ2n) is 4.52. The molecule has 114 valence electrons. The summed E-state index contributed by atoms with van der Waals surface area (Å²) in [5, 5.41) is 3.13. The van der Waals surface area contributed by atoms with E-state index >= 15 is 0 Å². The van der Waals surface area contributed by atoms with E-state index in [0.717, 1.165) is 23.6 Å². The summed E-state index contributed by atoms with van der Waals surface area (Å²) in [5.74, 6) is 1.59. The molecule has 0 spiro atoms. The summed E-state index contributed by atoms with van der Waals surface area (Å²) >= 11 is 0. The van der Waals surface area contributed by atoms with Crippen LogP contribution in [0.1, 0.15) is 18.1 Å². The van der Waals surface area contributed by atoms with Crippen LogP contribution in [0.4, 0.5) is 0 Å². The lowest BCUT2D eigenvalue weighted by Crippen LogP contribution is -3.00. The fourth-order valence-electron chi connectivity index (χ4n) is 1.99. The third kappa shape index (κ3) is 5.29. The Balaban J connectivity index is 0.00000220. The minimum Gasteiger partial charge on any atom is -1.00 e. The van der Waals surface area contributed by atoms with Crippen molar-refractivity contribution in [1.29, 1.82) is 0 Å². The van der Waals surface area contributed by atoms with Gasteiger partial charge in [0.15, 0.2) is 11.5 Å². The van der Waals surface area contributed by atoms with Crippen molar-refractivity contribution in [3.63, 3.8) is 0 Å². The van der Waals surface area contributed by atoms with E-state index in [1.807, 2.05) is 44.3 Å². The van der Waals surface area contributed by atoms with E-state index < -0.39 is 0 Å². The van der Waals surface area contributed by atoms with E-state index in [4.69, 9.17) is 9.47 Å². The number of rotatable bonds is 7. The molecular weight excluding hydrogens is 286 g/mol. The fourth-order valence-corrected chi connectivity index (χ4v) is 1.99. The van der Waals surface area contributed by atoms with E-state index in [-0.39, 0.29) is 12.4 Å². The van der Waals surface area contributed by atoms with E-state index in [9.17, 15) is 0 Å². The van der Waals surface area contributed by atoms with Gasteiger partial charge in [0.05, 0.1) is 6.61 Å². The van der Waals surface area contributed by atoms with Crippen molar-refractivity contribution in [3.8, 4) is 11.5 Å². The molecular formula is C17H21ClNO2-. The van der Waals surface area contributed by atoms with Crippen LogP contribution in [0.5, 0.6) is 11.5 Å². The Labute approximate surface area is 132 Å². The molecule has 2 aromatic carbocycles. The number of nitrogens with one attached hydrogen (secondary N) is 1. The predicted molar refractivity (Wildman–Crippen MR) is 81.1 cm³/mol. The van der Waals surface area contributed by atoms with Crippen molar-refractivity contribution >= 4 is 0 Å². The van der Waals surface area contributed by atoms with Gasteiger partial charge in [0.1, 0.15) is 6.61 Å². The summed E-state index contributed by atoms with van der Waals surface area (Å²) in [7, 11) is 1.93. The molecule has 1 N–H and O–H groups in total. The molecule has 2 rings (SSSR count). The lowest BCUT2D eigenvalue weighted by molar-refractivity contribution is -0.00000493. The topological polar surface area (TPSA) is 30.5 Å². The van der Waals surface area contributed by atoms with Crippen LogP contribution in [-0.4, -0.2) is 13.7 Å². The molecule has 0 heterocycles. The summed E-state index contributed by atoms with van der Waals surface area (Å²) < 4.78 is 11.5. The highest BCUT2D eigenvalue weighted by atomic mass is 35.5. The summed E-state index contributed by atoms with van der Waals surface area (Å²) in [6, 6.07) is 16.2. The zero-order chi connectivity index (χ0) is 14.2. The monoisotopic (exact) mass is 306 g/mol. The Hall–Kier alpha value is -1.71. The van der Waals surface area contributed by atoms with Gasteiger partial charge in [-0.15, -0.1) is 0 Å². The zero-order valence-corrected chi connectivity index (χ0v) is 13.2. The Bertz CT molecular complexity index is 532. The first-order chi connectivity index (χ1) is 9.83. The first-order valence-corrected chi connectivity index (χ1v) is 6.90. The standard InChI is InChI=1S/C17H21NO2.ClH/c1-3-19-17-11-15(12-18-2)9-10-16(17)20-13-14-7-5-4-6-8-14;/h4-11,18H,3,12-13H2,1-2H3;1H/p-1. The number of hydrogen-bond acceptors (Lipinski definition) is 3. The summed E-state index contributed by atoms with van der Waals surface area (Å²) in [5.41, 5.74) is 2.33. The van der Waals surface area contributed by atoms with Crippen molar-refractivity contribution < 1.29 is 21.9 Å². The van der Waals surface area contributed by atoms with E-state index in [1.54, 1.807) is 0 Å². The maximum absolute atomic E-state index is 5.86. The second kappa shape index (κ2) is 9.27. The van der Waals surface area contributed by atoms with Crippen LogP contribution in [0.25, 0.3) is 0 Å². The van der Waals surface area contributed by atoms with Crippen molar-refractivity contribution in [3.05, 3.63) is 59.7 Å². The molecule has 0 aliphatic rings. The largest absolute Gasteiger partial charge is 1.00 e. The molecule has 0 aliphatic carbocycles. The molecule has 0 atom stereocenters. The molecule has 0 radical (unpaired) electrons. The molecule has 0 aliphatic heterocycles. The van der Waals surface area contributed by atoms with Crippen molar-refractivity contribution in [2.24, 2.45) is 0 Å². The third-order valence-corrected chi connectivity index (χ3v) is 2.93. The van der Waals surface area contributed by atoms with Gasteiger partial charge >= 0.3 is 0 Å². The molecule has 21 heavy (non-hydrogen) atoms. The summed E-state index contributed by atoms with van der Waals surface area (Å²) in [6.45, 7) is 3.97. The average Bonchev–Trinajstić information content (AvgIpc) is 2.48. The van der Waals surface area contributed by atoms with Crippen LogP contribution in [0.2, 0.25) is 0 Å². The molecule has 4 heteroatoms. The smallest absolute Gasteiger partial charge is 0.161 e. The quantitative estimate of drug-likeness (QED) is 0.803. The minimum absolute atomic E-state index is 0. The van der Waals surface area contributed by atoms with Gasteiger partial charge in [-0.3, -0.25) is 0 Å². The highest BCUT2D eigenvalue weighted by molar-refractivity contribution is 5.43. The molecule has 2 aromatic rings. The second-order valence-corrected chi connectivity index (χ2v) is 4.52. The van der Waals surface area contributed by atoms with Crippen LogP contribution in [0, 0.1) is 0 Å². The van der Waals surface area contributed by atoms with Crippen LogP contribution in [0.15, 0.2) is 48.5 Å². The molecule has 0 saturated heterocycles. The summed E-state index contributed by atoms with van der Waals surface area (Å²) in [6.07, 6.45) is 0. The van der Waals surface area contributed by atoms with Gasteiger partial charge in [0.25, 0.3) is 0 Å². The average molecular weight is 307 g/mol. The summed E-state index contributed by atoms with van der Waals surface area (Å²) in [4.78, 5) is 0. The normalized spacial score (nSPS) is 9.81. The van der Waals surface area contributed by atoms with Gasteiger partial charge in [-0.25, -0.2) is 0 Å². The lowest BCUT2D eigenvalue weighted by Gasteiger charge is -2.13. The molecule has 0 aromatic heterocycles. The van der Waals surface area contributed by atoms with E-state index in [2.05, 4.69) is 23.5 Å². The highest BCUT2D eigenvalue weighted by Gasteiger charge is 2.06. The number of benzene rings is 2. The van der Waals surface area contributed by atoms with Gasteiger partial charge < -0.3 is 27.2 Å². The Morgan fingerprint density at radius 1 is 0.905 bits per heavy atom. The van der Waals surface area contributed by atoms with Gasteiger partial charge in [0, 0.05) is 6.54 Å². The number of halogens is 1. The number of hydrogen-bond donors (Lipinski definition) is 1. The molecule has 0 bridgehead atoms. The van der Waals surface area contributed by atoms with Crippen LogP contribution >= 0.6 is 0 Å².